The Bertz CT molecular complexity index is 359. The molecule has 1 aromatic carbocycles. The van der Waals surface area contributed by atoms with E-state index in [-0.39, 0.29) is 12.2 Å². The van der Waals surface area contributed by atoms with E-state index in [2.05, 4.69) is 5.92 Å². The van der Waals surface area contributed by atoms with Gasteiger partial charge >= 0.3 is 5.97 Å². The third-order valence-corrected chi connectivity index (χ3v) is 1.88. The van der Waals surface area contributed by atoms with E-state index in [9.17, 15) is 4.79 Å². The topological polar surface area (TPSA) is 57.5 Å². The van der Waals surface area contributed by atoms with Crippen molar-refractivity contribution < 1.29 is 15.0 Å². The smallest absolute Gasteiger partial charge is 0.304 e. The quantitative estimate of drug-likeness (QED) is 0.711. The van der Waals surface area contributed by atoms with Crippen LogP contribution < -0.4 is 0 Å². The van der Waals surface area contributed by atoms with E-state index in [0.717, 1.165) is 5.56 Å². The number of carboxylic acids is 1. The van der Waals surface area contributed by atoms with Crippen LogP contribution in [0.4, 0.5) is 0 Å². The molecule has 0 fully saturated rings. The normalized spacial score (nSPS) is 11.6. The summed E-state index contributed by atoms with van der Waals surface area (Å²) in [5.41, 5.74) is 0.729. The van der Waals surface area contributed by atoms with Gasteiger partial charge in [0.15, 0.2) is 0 Å². The summed E-state index contributed by atoms with van der Waals surface area (Å²) in [6.07, 6.45) is 5.12. The van der Waals surface area contributed by atoms with Gasteiger partial charge in [-0.15, -0.1) is 6.42 Å². The largest absolute Gasteiger partial charge is 0.508 e. The van der Waals surface area contributed by atoms with Crippen LogP contribution in [0.5, 0.6) is 5.75 Å². The van der Waals surface area contributed by atoms with Crippen LogP contribution in [0, 0.1) is 12.3 Å². The van der Waals surface area contributed by atoms with Gasteiger partial charge in [0, 0.05) is 0 Å². The van der Waals surface area contributed by atoms with Gasteiger partial charge < -0.3 is 10.2 Å². The first-order chi connectivity index (χ1) is 6.63. The number of carboxylic acid groups (broad SMARTS) is 1. The molecule has 14 heavy (non-hydrogen) atoms. The van der Waals surface area contributed by atoms with Gasteiger partial charge in [0.25, 0.3) is 0 Å². The zero-order valence-corrected chi connectivity index (χ0v) is 7.47. The van der Waals surface area contributed by atoms with Crippen molar-refractivity contribution in [2.45, 2.75) is 12.3 Å². The van der Waals surface area contributed by atoms with Crippen molar-refractivity contribution in [3.63, 3.8) is 0 Å². The average molecular weight is 190 g/mol. The Kier molecular flexibility index (Phi) is 3.14. The monoisotopic (exact) mass is 190 g/mol. The summed E-state index contributed by atoms with van der Waals surface area (Å²) in [4.78, 5) is 10.5. The molecule has 0 amide bonds. The molecule has 0 aromatic heterocycles. The van der Waals surface area contributed by atoms with Gasteiger partial charge in [-0.2, -0.15) is 0 Å². The SMILES string of the molecule is C#CC(CC(=O)O)c1ccc(O)cc1. The summed E-state index contributed by atoms with van der Waals surface area (Å²) in [6, 6.07) is 6.23. The van der Waals surface area contributed by atoms with E-state index >= 15 is 0 Å². The summed E-state index contributed by atoms with van der Waals surface area (Å²) in [5.74, 6) is 1.18. The summed E-state index contributed by atoms with van der Waals surface area (Å²) in [6.45, 7) is 0. The summed E-state index contributed by atoms with van der Waals surface area (Å²) < 4.78 is 0. The van der Waals surface area contributed by atoms with Gasteiger partial charge in [0.05, 0.1) is 12.3 Å². The van der Waals surface area contributed by atoms with Crippen LogP contribution in [0.3, 0.4) is 0 Å². The second kappa shape index (κ2) is 4.33. The zero-order valence-electron chi connectivity index (χ0n) is 7.47. The molecule has 0 saturated heterocycles. The first kappa shape index (κ1) is 10.1. The van der Waals surface area contributed by atoms with Crippen molar-refractivity contribution in [3.05, 3.63) is 29.8 Å². The molecule has 3 heteroatoms. The van der Waals surface area contributed by atoms with E-state index in [4.69, 9.17) is 16.6 Å². The van der Waals surface area contributed by atoms with E-state index in [1.54, 1.807) is 12.1 Å². The molecule has 72 valence electrons. The minimum Gasteiger partial charge on any atom is -0.508 e. The highest BCUT2D eigenvalue weighted by Crippen LogP contribution is 2.20. The number of rotatable bonds is 3. The van der Waals surface area contributed by atoms with Crippen molar-refractivity contribution in [2.75, 3.05) is 0 Å². The minimum absolute atomic E-state index is 0.0960. The van der Waals surface area contributed by atoms with Gasteiger partial charge in [-0.1, -0.05) is 18.1 Å². The molecule has 0 saturated carbocycles. The Morgan fingerprint density at radius 3 is 2.43 bits per heavy atom. The van der Waals surface area contributed by atoms with Crippen LogP contribution in [0.15, 0.2) is 24.3 Å². The number of benzene rings is 1. The predicted molar refractivity (Wildman–Crippen MR) is 51.9 cm³/mol. The fraction of sp³-hybridized carbons (Fsp3) is 0.182. The lowest BCUT2D eigenvalue weighted by Crippen LogP contribution is -2.03. The zero-order chi connectivity index (χ0) is 10.6. The van der Waals surface area contributed by atoms with E-state index in [1.165, 1.54) is 12.1 Å². The summed E-state index contributed by atoms with van der Waals surface area (Å²) >= 11 is 0. The first-order valence-corrected chi connectivity index (χ1v) is 4.10. The minimum atomic E-state index is -0.930. The van der Waals surface area contributed by atoms with Crippen molar-refractivity contribution in [1.29, 1.82) is 0 Å². The number of phenolic OH excluding ortho intramolecular Hbond substituents is 1. The van der Waals surface area contributed by atoms with Crippen molar-refractivity contribution >= 4 is 5.97 Å². The van der Waals surface area contributed by atoms with E-state index < -0.39 is 11.9 Å². The van der Waals surface area contributed by atoms with Crippen LogP contribution in [0.25, 0.3) is 0 Å². The lowest BCUT2D eigenvalue weighted by molar-refractivity contribution is -0.137. The lowest BCUT2D eigenvalue weighted by Gasteiger charge is -2.07. The van der Waals surface area contributed by atoms with Gasteiger partial charge in [-0.25, -0.2) is 0 Å². The molecule has 0 spiro atoms. The van der Waals surface area contributed by atoms with Crippen molar-refractivity contribution in [2.24, 2.45) is 0 Å². The fourth-order valence-corrected chi connectivity index (χ4v) is 1.15. The fourth-order valence-electron chi connectivity index (χ4n) is 1.15. The first-order valence-electron chi connectivity index (χ1n) is 4.10. The van der Waals surface area contributed by atoms with Crippen LogP contribution in [-0.2, 0) is 4.79 Å². The molecule has 1 rings (SSSR count). The molecular weight excluding hydrogens is 180 g/mol. The highest BCUT2D eigenvalue weighted by Gasteiger charge is 2.12. The molecule has 0 aliphatic heterocycles. The van der Waals surface area contributed by atoms with Gasteiger partial charge in [-0.3, -0.25) is 4.79 Å². The number of aliphatic carboxylic acids is 1. The molecule has 1 atom stereocenters. The molecule has 2 N–H and O–H groups in total. The molecule has 0 aliphatic rings. The molecule has 3 nitrogen and oxygen atoms in total. The van der Waals surface area contributed by atoms with Crippen LogP contribution >= 0.6 is 0 Å². The number of phenols is 1. The highest BCUT2D eigenvalue weighted by atomic mass is 16.4. The lowest BCUT2D eigenvalue weighted by atomic mass is 9.97. The molecule has 1 aromatic rings. The van der Waals surface area contributed by atoms with Gasteiger partial charge in [-0.05, 0) is 17.7 Å². The molecule has 0 bridgehead atoms. The number of carbonyl (C=O) groups is 1. The molecule has 0 heterocycles. The number of aromatic hydroxyl groups is 1. The van der Waals surface area contributed by atoms with Crippen molar-refractivity contribution in [1.82, 2.24) is 0 Å². The number of terminal acetylenes is 1. The molecule has 0 radical (unpaired) electrons. The molecule has 1 unspecified atom stereocenters. The highest BCUT2D eigenvalue weighted by molar-refractivity contribution is 5.68. The number of hydrogen-bond acceptors (Lipinski definition) is 2. The second-order valence-corrected chi connectivity index (χ2v) is 2.91. The Hall–Kier alpha value is -1.95. The Labute approximate surface area is 82.0 Å². The second-order valence-electron chi connectivity index (χ2n) is 2.91. The van der Waals surface area contributed by atoms with Crippen LogP contribution in [-0.4, -0.2) is 16.2 Å². The van der Waals surface area contributed by atoms with E-state index in [0.29, 0.717) is 0 Å². The maximum Gasteiger partial charge on any atom is 0.304 e. The third-order valence-electron chi connectivity index (χ3n) is 1.88. The Morgan fingerprint density at radius 2 is 2.00 bits per heavy atom. The van der Waals surface area contributed by atoms with E-state index in [1.807, 2.05) is 0 Å². The maximum absolute atomic E-state index is 10.5. The van der Waals surface area contributed by atoms with Crippen LogP contribution in [0.1, 0.15) is 17.9 Å². The molecule has 0 aliphatic carbocycles. The van der Waals surface area contributed by atoms with Crippen LogP contribution in [0.2, 0.25) is 0 Å². The van der Waals surface area contributed by atoms with Crippen molar-refractivity contribution in [3.8, 4) is 18.1 Å². The Balaban J connectivity index is 2.85. The summed E-state index contributed by atoms with van der Waals surface area (Å²) in [5, 5.41) is 17.6. The van der Waals surface area contributed by atoms with Gasteiger partial charge in [0.1, 0.15) is 5.75 Å². The summed E-state index contributed by atoms with van der Waals surface area (Å²) in [7, 11) is 0. The maximum atomic E-state index is 10.5. The number of hydrogen-bond donors (Lipinski definition) is 2. The third kappa shape index (κ3) is 2.53. The average Bonchev–Trinajstić information content (AvgIpc) is 2.15. The Morgan fingerprint density at radius 1 is 1.43 bits per heavy atom. The standard InChI is InChI=1S/C11H10O3/c1-2-8(7-11(13)14)9-3-5-10(12)6-4-9/h1,3-6,8,12H,7H2,(H,13,14). The molecular formula is C11H10O3. The van der Waals surface area contributed by atoms with Gasteiger partial charge in [0.2, 0.25) is 0 Å². The predicted octanol–water partition coefficient (Wildman–Crippen LogP) is 1.58.